The molecule has 3 N–H and O–H groups in total. The van der Waals surface area contributed by atoms with Gasteiger partial charge in [0.2, 0.25) is 5.91 Å². The van der Waals surface area contributed by atoms with Gasteiger partial charge in [-0.2, -0.15) is 0 Å². The van der Waals surface area contributed by atoms with E-state index in [-0.39, 0.29) is 18.0 Å². The van der Waals surface area contributed by atoms with Gasteiger partial charge < -0.3 is 15.7 Å². The van der Waals surface area contributed by atoms with Crippen LogP contribution in [0.15, 0.2) is 18.2 Å². The van der Waals surface area contributed by atoms with E-state index in [2.05, 4.69) is 10.6 Å². The number of carbonyl (C=O) groups excluding carboxylic acids is 1. The van der Waals surface area contributed by atoms with Crippen LogP contribution in [0.2, 0.25) is 0 Å². The van der Waals surface area contributed by atoms with Gasteiger partial charge in [0.05, 0.1) is 15.9 Å². The first-order valence-corrected chi connectivity index (χ1v) is 7.75. The van der Waals surface area contributed by atoms with Crippen LogP contribution in [0.1, 0.15) is 27.2 Å². The van der Waals surface area contributed by atoms with Gasteiger partial charge in [-0.3, -0.25) is 25.0 Å². The van der Waals surface area contributed by atoms with Gasteiger partial charge in [0, 0.05) is 6.07 Å². The Morgan fingerprint density at radius 1 is 1.15 bits per heavy atom. The van der Waals surface area contributed by atoms with Crippen LogP contribution < -0.4 is 10.6 Å². The number of nitro groups is 2. The first-order valence-electron chi connectivity index (χ1n) is 7.75. The molecule has 142 valence electrons. The summed E-state index contributed by atoms with van der Waals surface area (Å²) in [6.45, 7) is 5.02. The van der Waals surface area contributed by atoms with E-state index in [0.29, 0.717) is 0 Å². The first-order chi connectivity index (χ1) is 12.0. The molecule has 0 unspecified atom stereocenters. The third-order valence-electron chi connectivity index (χ3n) is 3.48. The van der Waals surface area contributed by atoms with Gasteiger partial charge in [0.25, 0.3) is 11.4 Å². The number of nitrogens with zero attached hydrogens (tertiary/aromatic N) is 2. The summed E-state index contributed by atoms with van der Waals surface area (Å²) in [6, 6.07) is 0.899. The lowest BCUT2D eigenvalue weighted by molar-refractivity contribution is -0.393. The zero-order valence-electron chi connectivity index (χ0n) is 14.5. The molecule has 0 radical (unpaired) electrons. The third-order valence-corrected chi connectivity index (χ3v) is 3.48. The summed E-state index contributed by atoms with van der Waals surface area (Å²) in [6.07, 6.45) is 0.228. The number of aliphatic carboxylic acids is 1. The van der Waals surface area contributed by atoms with Gasteiger partial charge in [-0.15, -0.1) is 0 Å². The average molecular weight is 368 g/mol. The van der Waals surface area contributed by atoms with Crippen molar-refractivity contribution in [2.45, 2.75) is 39.3 Å². The van der Waals surface area contributed by atoms with Crippen LogP contribution in [0.3, 0.4) is 0 Å². The monoisotopic (exact) mass is 368 g/mol. The highest BCUT2D eigenvalue weighted by Crippen LogP contribution is 2.29. The van der Waals surface area contributed by atoms with Crippen LogP contribution in [0, 0.1) is 26.1 Å². The summed E-state index contributed by atoms with van der Waals surface area (Å²) in [7, 11) is 0. The Labute approximate surface area is 148 Å². The number of carboxylic acids is 1. The molecule has 0 fully saturated rings. The maximum Gasteiger partial charge on any atom is 0.326 e. The average Bonchev–Trinajstić information content (AvgIpc) is 2.53. The Kier molecular flexibility index (Phi) is 6.99. The molecule has 0 aliphatic heterocycles. The van der Waals surface area contributed by atoms with E-state index in [1.807, 2.05) is 13.8 Å². The van der Waals surface area contributed by atoms with Crippen LogP contribution in [-0.4, -0.2) is 38.9 Å². The summed E-state index contributed by atoms with van der Waals surface area (Å²) in [5.41, 5.74) is -1.10. The molecule has 26 heavy (non-hydrogen) atoms. The molecule has 0 aromatic heterocycles. The van der Waals surface area contributed by atoms with Crippen LogP contribution in [-0.2, 0) is 9.59 Å². The van der Waals surface area contributed by atoms with E-state index in [0.717, 1.165) is 18.2 Å². The topological polar surface area (TPSA) is 165 Å². The smallest absolute Gasteiger partial charge is 0.326 e. The molecule has 0 heterocycles. The van der Waals surface area contributed by atoms with E-state index < -0.39 is 45.2 Å². The molecular formula is C15H20N4O7. The SMILES string of the molecule is CC(C)C[C@H](NC(=O)[C@H](C)Nc1ccc([N+](=O)[O-])cc1[N+](=O)[O-])C(=O)O. The number of hydrogen-bond acceptors (Lipinski definition) is 7. The van der Waals surface area contributed by atoms with Gasteiger partial charge in [0.1, 0.15) is 17.8 Å². The predicted molar refractivity (Wildman–Crippen MR) is 91.9 cm³/mol. The number of carboxylic acid groups (broad SMARTS) is 1. The molecule has 0 saturated carbocycles. The van der Waals surface area contributed by atoms with Crippen LogP contribution in [0.5, 0.6) is 0 Å². The fraction of sp³-hybridized carbons (Fsp3) is 0.467. The van der Waals surface area contributed by atoms with Crippen molar-refractivity contribution < 1.29 is 24.5 Å². The van der Waals surface area contributed by atoms with Gasteiger partial charge in [-0.05, 0) is 25.3 Å². The second-order valence-electron chi connectivity index (χ2n) is 6.11. The molecule has 2 atom stereocenters. The number of hydrogen-bond donors (Lipinski definition) is 3. The molecule has 0 saturated heterocycles. The highest BCUT2D eigenvalue weighted by atomic mass is 16.6. The normalized spacial score (nSPS) is 12.9. The van der Waals surface area contributed by atoms with Crippen molar-refractivity contribution in [2.24, 2.45) is 5.92 Å². The quantitative estimate of drug-likeness (QED) is 0.439. The molecule has 0 spiro atoms. The lowest BCUT2D eigenvalue weighted by Crippen LogP contribution is -2.47. The summed E-state index contributed by atoms with van der Waals surface area (Å²) >= 11 is 0. The lowest BCUT2D eigenvalue weighted by Gasteiger charge is -2.20. The van der Waals surface area contributed by atoms with Gasteiger partial charge >= 0.3 is 5.97 Å². The molecule has 0 aliphatic carbocycles. The minimum atomic E-state index is -1.18. The highest BCUT2D eigenvalue weighted by Gasteiger charge is 2.26. The number of non-ortho nitro benzene ring substituents is 1. The number of anilines is 1. The molecule has 1 aromatic rings. The number of amides is 1. The van der Waals surface area contributed by atoms with Crippen molar-refractivity contribution in [3.05, 3.63) is 38.4 Å². The van der Waals surface area contributed by atoms with E-state index in [1.165, 1.54) is 6.92 Å². The summed E-state index contributed by atoms with van der Waals surface area (Å²) in [5, 5.41) is 35.9. The number of nitrogens with one attached hydrogen (secondary N) is 2. The zero-order valence-corrected chi connectivity index (χ0v) is 14.5. The maximum atomic E-state index is 12.2. The minimum absolute atomic E-state index is 0.0374. The molecule has 11 nitrogen and oxygen atoms in total. The van der Waals surface area contributed by atoms with E-state index >= 15 is 0 Å². The number of benzene rings is 1. The van der Waals surface area contributed by atoms with Crippen molar-refractivity contribution in [1.29, 1.82) is 0 Å². The lowest BCUT2D eigenvalue weighted by atomic mass is 10.0. The molecule has 1 aromatic carbocycles. The molecule has 11 heteroatoms. The second-order valence-corrected chi connectivity index (χ2v) is 6.11. The Morgan fingerprint density at radius 3 is 2.23 bits per heavy atom. The Balaban J connectivity index is 2.93. The third kappa shape index (κ3) is 5.69. The first kappa shape index (κ1) is 20.8. The van der Waals surface area contributed by atoms with Crippen molar-refractivity contribution in [3.8, 4) is 0 Å². The Hall–Kier alpha value is -3.24. The molecular weight excluding hydrogens is 348 g/mol. The van der Waals surface area contributed by atoms with Crippen LogP contribution in [0.25, 0.3) is 0 Å². The Bertz CT molecular complexity index is 720. The van der Waals surface area contributed by atoms with E-state index in [4.69, 9.17) is 5.11 Å². The van der Waals surface area contributed by atoms with Crippen molar-refractivity contribution in [2.75, 3.05) is 5.32 Å². The summed E-state index contributed by atoms with van der Waals surface area (Å²) < 4.78 is 0. The number of nitro benzene ring substituents is 2. The molecule has 0 bridgehead atoms. The van der Waals surface area contributed by atoms with Gasteiger partial charge in [-0.25, -0.2) is 4.79 Å². The fourth-order valence-corrected chi connectivity index (χ4v) is 2.20. The highest BCUT2D eigenvalue weighted by molar-refractivity contribution is 5.89. The predicted octanol–water partition coefficient (Wildman–Crippen LogP) is 1.92. The van der Waals surface area contributed by atoms with E-state index in [9.17, 15) is 29.8 Å². The van der Waals surface area contributed by atoms with Crippen molar-refractivity contribution >= 4 is 28.9 Å². The molecule has 1 rings (SSSR count). The summed E-state index contributed by atoms with van der Waals surface area (Å²) in [5.74, 6) is -1.80. The largest absolute Gasteiger partial charge is 0.480 e. The summed E-state index contributed by atoms with van der Waals surface area (Å²) in [4.78, 5) is 43.7. The standard InChI is InChI=1S/C15H20N4O7/c1-8(2)6-12(15(21)22)17-14(20)9(3)16-11-5-4-10(18(23)24)7-13(11)19(25)26/h4-5,7-9,12,16H,6H2,1-3H3,(H,17,20)(H,21,22)/t9-,12-/m0/s1. The van der Waals surface area contributed by atoms with E-state index in [1.54, 1.807) is 0 Å². The number of rotatable bonds is 9. The molecule has 1 amide bonds. The Morgan fingerprint density at radius 2 is 1.77 bits per heavy atom. The fourth-order valence-electron chi connectivity index (χ4n) is 2.20. The van der Waals surface area contributed by atoms with Crippen molar-refractivity contribution in [3.63, 3.8) is 0 Å². The maximum absolute atomic E-state index is 12.2. The van der Waals surface area contributed by atoms with Crippen LogP contribution in [0.4, 0.5) is 17.1 Å². The number of carbonyl (C=O) groups is 2. The minimum Gasteiger partial charge on any atom is -0.480 e. The zero-order chi connectivity index (χ0) is 20.0. The molecule has 0 aliphatic rings. The van der Waals surface area contributed by atoms with Gasteiger partial charge in [-0.1, -0.05) is 13.8 Å². The van der Waals surface area contributed by atoms with Crippen LogP contribution >= 0.6 is 0 Å². The van der Waals surface area contributed by atoms with Crippen molar-refractivity contribution in [1.82, 2.24) is 5.32 Å². The van der Waals surface area contributed by atoms with Gasteiger partial charge in [0.15, 0.2) is 0 Å². The second kappa shape index (κ2) is 8.74.